The predicted molar refractivity (Wildman–Crippen MR) is 86.1 cm³/mol. The van der Waals surface area contributed by atoms with Gasteiger partial charge >= 0.3 is 0 Å². The minimum atomic E-state index is -4.00. The Hall–Kier alpha value is -3.02. The molecule has 0 saturated heterocycles. The summed E-state index contributed by atoms with van der Waals surface area (Å²) in [6, 6.07) is 7.84. The summed E-state index contributed by atoms with van der Waals surface area (Å²) < 4.78 is 72.8. The first-order valence-electron chi connectivity index (χ1n) is 7.93. The molecule has 1 aromatic carbocycles. The molecular formula is C18H14F5N4+. The number of benzene rings is 1. The van der Waals surface area contributed by atoms with E-state index in [0.717, 1.165) is 12.1 Å². The summed E-state index contributed by atoms with van der Waals surface area (Å²) in [5.74, 6) is -5.62. The van der Waals surface area contributed by atoms with Gasteiger partial charge in [-0.05, 0) is 12.1 Å². The van der Waals surface area contributed by atoms with E-state index < -0.39 is 35.7 Å². The number of nitriles is 1. The molecule has 0 aliphatic carbocycles. The highest BCUT2D eigenvalue weighted by molar-refractivity contribution is 5.82. The first-order valence-corrected chi connectivity index (χ1v) is 7.93. The first kappa shape index (κ1) is 18.8. The molecule has 4 nitrogen and oxygen atoms in total. The zero-order chi connectivity index (χ0) is 19.8. The van der Waals surface area contributed by atoms with E-state index in [1.807, 2.05) is 6.07 Å². The van der Waals surface area contributed by atoms with Gasteiger partial charge in [0.1, 0.15) is 17.4 Å². The molecule has 1 aliphatic rings. The first-order chi connectivity index (χ1) is 12.7. The van der Waals surface area contributed by atoms with Gasteiger partial charge in [-0.25, -0.2) is 26.9 Å². The van der Waals surface area contributed by atoms with Crippen molar-refractivity contribution in [3.8, 4) is 11.8 Å². The molecule has 9 heteroatoms. The van der Waals surface area contributed by atoms with Crippen molar-refractivity contribution in [3.63, 3.8) is 0 Å². The Labute approximate surface area is 151 Å². The molecule has 1 aromatic heterocycles. The number of halogens is 5. The standard InChI is InChI=1S/C18H14F5N4/c19-14-4-3-12(27-7-1-2-11(9-24)10-27)8-13(14)18(16(20)21)17(22,23)6-5-15(25)26-18/h1-4,7-8,10,16H,5-6H2,(H2,25,26)/q+1/t18-/m0/s1. The largest absolute Gasteiger partial charge is 0.387 e. The summed E-state index contributed by atoms with van der Waals surface area (Å²) in [4.78, 5) is 3.36. The van der Waals surface area contributed by atoms with Crippen molar-refractivity contribution in [1.82, 2.24) is 0 Å². The van der Waals surface area contributed by atoms with Crippen LogP contribution in [-0.4, -0.2) is 18.2 Å². The van der Waals surface area contributed by atoms with Gasteiger partial charge in [-0.15, -0.1) is 0 Å². The Bertz CT molecular complexity index is 951. The minimum Gasteiger partial charge on any atom is -0.387 e. The highest BCUT2D eigenvalue weighted by Crippen LogP contribution is 2.51. The van der Waals surface area contributed by atoms with Crippen LogP contribution in [0, 0.1) is 17.1 Å². The summed E-state index contributed by atoms with van der Waals surface area (Å²) in [6.45, 7) is 0. The fourth-order valence-electron chi connectivity index (χ4n) is 3.09. The summed E-state index contributed by atoms with van der Waals surface area (Å²) in [6.07, 6.45) is -2.17. The molecule has 0 bridgehead atoms. The van der Waals surface area contributed by atoms with E-state index in [4.69, 9.17) is 11.0 Å². The lowest BCUT2D eigenvalue weighted by atomic mass is 9.79. The van der Waals surface area contributed by atoms with Crippen molar-refractivity contribution in [1.29, 1.82) is 5.26 Å². The molecule has 1 aliphatic heterocycles. The van der Waals surface area contributed by atoms with Crippen LogP contribution in [0.25, 0.3) is 5.69 Å². The van der Waals surface area contributed by atoms with E-state index in [1.54, 1.807) is 0 Å². The fraction of sp³-hybridized carbons (Fsp3) is 0.278. The number of amidine groups is 1. The van der Waals surface area contributed by atoms with Crippen LogP contribution >= 0.6 is 0 Å². The third-order valence-corrected chi connectivity index (χ3v) is 4.48. The second-order valence-corrected chi connectivity index (χ2v) is 6.15. The molecule has 2 N–H and O–H groups in total. The maximum absolute atomic E-state index is 14.6. The van der Waals surface area contributed by atoms with Gasteiger partial charge in [0.25, 0.3) is 12.3 Å². The van der Waals surface area contributed by atoms with E-state index in [-0.39, 0.29) is 23.5 Å². The Morgan fingerprint density at radius 2 is 2.00 bits per heavy atom. The predicted octanol–water partition coefficient (Wildman–Crippen LogP) is 3.22. The van der Waals surface area contributed by atoms with Crippen LogP contribution in [-0.2, 0) is 5.54 Å². The highest BCUT2D eigenvalue weighted by Gasteiger charge is 2.64. The smallest absolute Gasteiger partial charge is 0.283 e. The van der Waals surface area contributed by atoms with Crippen molar-refractivity contribution in [2.45, 2.75) is 30.7 Å². The average molecular weight is 381 g/mol. The normalized spacial score (nSPS) is 21.6. The zero-order valence-electron chi connectivity index (χ0n) is 13.8. The zero-order valence-corrected chi connectivity index (χ0v) is 13.8. The van der Waals surface area contributed by atoms with Crippen LogP contribution in [0.4, 0.5) is 22.0 Å². The number of alkyl halides is 4. The van der Waals surface area contributed by atoms with Crippen LogP contribution in [0.5, 0.6) is 0 Å². The molecule has 0 spiro atoms. The number of pyridine rings is 1. The van der Waals surface area contributed by atoms with Crippen molar-refractivity contribution in [2.75, 3.05) is 0 Å². The van der Waals surface area contributed by atoms with Gasteiger partial charge in [0, 0.05) is 36.6 Å². The van der Waals surface area contributed by atoms with E-state index in [1.165, 1.54) is 35.2 Å². The van der Waals surface area contributed by atoms with Crippen LogP contribution < -0.4 is 10.3 Å². The SMILES string of the molecule is N#Cc1ccc[n+](-c2ccc(F)c([C@@]3(C(F)F)N=C(N)CCC3(F)F)c2)c1. The second kappa shape index (κ2) is 6.61. The lowest BCUT2D eigenvalue weighted by Gasteiger charge is -2.40. The molecule has 0 saturated carbocycles. The maximum Gasteiger partial charge on any atom is 0.283 e. The lowest BCUT2D eigenvalue weighted by molar-refractivity contribution is -0.596. The van der Waals surface area contributed by atoms with E-state index in [2.05, 4.69) is 4.99 Å². The number of rotatable bonds is 3. The summed E-state index contributed by atoms with van der Waals surface area (Å²) in [7, 11) is 0. The van der Waals surface area contributed by atoms with Crippen LogP contribution in [0.3, 0.4) is 0 Å². The maximum atomic E-state index is 14.6. The number of nitrogens with two attached hydrogens (primary N) is 1. The molecule has 0 radical (unpaired) electrons. The quantitative estimate of drug-likeness (QED) is 0.655. The topological polar surface area (TPSA) is 66.0 Å². The highest BCUT2D eigenvalue weighted by atomic mass is 19.3. The Kier molecular flexibility index (Phi) is 4.59. The molecule has 0 amide bonds. The van der Waals surface area contributed by atoms with Crippen LogP contribution in [0.2, 0.25) is 0 Å². The molecular weight excluding hydrogens is 367 g/mol. The van der Waals surface area contributed by atoms with Crippen LogP contribution in [0.15, 0.2) is 47.7 Å². The van der Waals surface area contributed by atoms with Gasteiger partial charge in [-0.1, -0.05) is 0 Å². The Morgan fingerprint density at radius 3 is 2.67 bits per heavy atom. The second-order valence-electron chi connectivity index (χ2n) is 6.15. The van der Waals surface area contributed by atoms with E-state index in [9.17, 15) is 22.0 Å². The molecule has 2 aromatic rings. The molecule has 27 heavy (non-hydrogen) atoms. The van der Waals surface area contributed by atoms with Crippen molar-refractivity contribution < 1.29 is 26.5 Å². The van der Waals surface area contributed by atoms with E-state index >= 15 is 0 Å². The number of hydrogen-bond donors (Lipinski definition) is 1. The third kappa shape index (κ3) is 3.01. The molecule has 3 rings (SSSR count). The Balaban J connectivity index is 2.26. The van der Waals surface area contributed by atoms with Gasteiger partial charge in [-0.3, -0.25) is 0 Å². The number of hydrogen-bond acceptors (Lipinski definition) is 3. The van der Waals surface area contributed by atoms with E-state index in [0.29, 0.717) is 0 Å². The van der Waals surface area contributed by atoms with Crippen molar-refractivity contribution in [3.05, 3.63) is 59.7 Å². The number of aromatic nitrogens is 1. The average Bonchev–Trinajstić information content (AvgIpc) is 2.64. The summed E-state index contributed by atoms with van der Waals surface area (Å²) in [5.41, 5.74) is 1.47. The van der Waals surface area contributed by atoms with Gasteiger partial charge in [0.05, 0.1) is 5.84 Å². The van der Waals surface area contributed by atoms with Crippen molar-refractivity contribution in [2.24, 2.45) is 10.7 Å². The monoisotopic (exact) mass is 381 g/mol. The van der Waals surface area contributed by atoms with Gasteiger partial charge < -0.3 is 5.73 Å². The summed E-state index contributed by atoms with van der Waals surface area (Å²) >= 11 is 0. The number of aliphatic imine (C=N–C) groups is 1. The van der Waals surface area contributed by atoms with Gasteiger partial charge in [0.15, 0.2) is 12.4 Å². The third-order valence-electron chi connectivity index (χ3n) is 4.48. The van der Waals surface area contributed by atoms with Gasteiger partial charge in [0.2, 0.25) is 11.2 Å². The lowest BCUT2D eigenvalue weighted by Crippen LogP contribution is -2.54. The minimum absolute atomic E-state index is 0.124. The Morgan fingerprint density at radius 1 is 1.26 bits per heavy atom. The number of nitrogens with zero attached hydrogens (tertiary/aromatic N) is 3. The fourth-order valence-corrected chi connectivity index (χ4v) is 3.09. The summed E-state index contributed by atoms with van der Waals surface area (Å²) in [5, 5.41) is 8.97. The molecule has 2 heterocycles. The van der Waals surface area contributed by atoms with Crippen LogP contribution in [0.1, 0.15) is 24.0 Å². The molecule has 0 unspecified atom stereocenters. The van der Waals surface area contributed by atoms with Crippen molar-refractivity contribution >= 4 is 5.84 Å². The molecule has 0 fully saturated rings. The molecule has 140 valence electrons. The van der Waals surface area contributed by atoms with Gasteiger partial charge in [-0.2, -0.15) is 9.83 Å². The molecule has 1 atom stereocenters.